The van der Waals surface area contributed by atoms with Gasteiger partial charge in [-0.1, -0.05) is 11.6 Å². The lowest BCUT2D eigenvalue weighted by atomic mass is 10.1. The minimum atomic E-state index is -1.88. The quantitative estimate of drug-likeness (QED) is 0.797. The number of rotatable bonds is 2. The summed E-state index contributed by atoms with van der Waals surface area (Å²) < 4.78 is 13.3. The van der Waals surface area contributed by atoms with Crippen molar-refractivity contribution >= 4 is 17.6 Å². The smallest absolute Gasteiger partial charge is 0.337 e. The molecule has 1 rings (SSSR count). The van der Waals surface area contributed by atoms with E-state index in [0.717, 1.165) is 6.07 Å². The molecule has 0 saturated heterocycles. The lowest BCUT2D eigenvalue weighted by Crippen LogP contribution is -2.12. The first kappa shape index (κ1) is 10.9. The normalized spacial score (nSPS) is 12.6. The minimum absolute atomic E-state index is 0.194. The number of aliphatic hydroxyl groups is 1. The highest BCUT2D eigenvalue weighted by molar-refractivity contribution is 6.30. The third-order valence-electron chi connectivity index (χ3n) is 1.78. The van der Waals surface area contributed by atoms with E-state index in [1.807, 2.05) is 0 Å². The molecule has 1 aromatic rings. The number of benzene rings is 1. The van der Waals surface area contributed by atoms with Gasteiger partial charge in [-0.3, -0.25) is 0 Å². The topological polar surface area (TPSA) is 57.5 Å². The van der Waals surface area contributed by atoms with Crippen LogP contribution in [0.5, 0.6) is 0 Å². The van der Waals surface area contributed by atoms with Crippen LogP contribution in [0.2, 0.25) is 5.02 Å². The molecule has 1 unspecified atom stereocenters. The van der Waals surface area contributed by atoms with Crippen molar-refractivity contribution in [2.24, 2.45) is 0 Å². The zero-order valence-electron chi connectivity index (χ0n) is 7.29. The van der Waals surface area contributed by atoms with E-state index in [0.29, 0.717) is 0 Å². The Morgan fingerprint density at radius 3 is 2.64 bits per heavy atom. The Morgan fingerprint density at radius 1 is 1.57 bits per heavy atom. The van der Waals surface area contributed by atoms with Crippen molar-refractivity contribution in [3.8, 4) is 0 Å². The maximum atomic E-state index is 13.3. The zero-order valence-corrected chi connectivity index (χ0v) is 8.05. The average molecular weight is 219 g/mol. The minimum Gasteiger partial charge on any atom is -0.479 e. The number of hydrogen-bond acceptors (Lipinski definition) is 2. The number of aryl methyl sites for hydroxylation is 1. The number of carbonyl (C=O) groups is 1. The molecule has 3 nitrogen and oxygen atoms in total. The number of hydrogen-bond donors (Lipinski definition) is 2. The number of aliphatic hydroxyl groups excluding tert-OH is 1. The van der Waals surface area contributed by atoms with Gasteiger partial charge in [0.25, 0.3) is 0 Å². The highest BCUT2D eigenvalue weighted by Crippen LogP contribution is 2.24. The Labute approximate surface area is 84.7 Å². The zero-order chi connectivity index (χ0) is 10.9. The second kappa shape index (κ2) is 3.94. The summed E-state index contributed by atoms with van der Waals surface area (Å²) in [6.45, 7) is 1.44. The van der Waals surface area contributed by atoms with E-state index in [9.17, 15) is 9.18 Å². The number of carboxylic acids is 1. The Morgan fingerprint density at radius 2 is 2.14 bits per heavy atom. The summed E-state index contributed by atoms with van der Waals surface area (Å²) in [4.78, 5) is 10.4. The predicted octanol–water partition coefficient (Wildman–Crippen LogP) is 1.91. The van der Waals surface area contributed by atoms with E-state index in [1.54, 1.807) is 0 Å². The monoisotopic (exact) mass is 218 g/mol. The van der Waals surface area contributed by atoms with Crippen LogP contribution in [-0.4, -0.2) is 16.2 Å². The fourth-order valence-electron chi connectivity index (χ4n) is 1.08. The summed E-state index contributed by atoms with van der Waals surface area (Å²) >= 11 is 5.60. The first-order valence-corrected chi connectivity index (χ1v) is 4.17. The van der Waals surface area contributed by atoms with Crippen LogP contribution >= 0.6 is 11.6 Å². The van der Waals surface area contributed by atoms with Crippen molar-refractivity contribution in [2.75, 3.05) is 0 Å². The van der Waals surface area contributed by atoms with Crippen LogP contribution in [-0.2, 0) is 4.79 Å². The standard InChI is InChI=1S/C9H8ClFO3/c1-4-2-5(10)3-6(7(4)11)8(12)9(13)14/h2-3,8,12H,1H3,(H,13,14). The van der Waals surface area contributed by atoms with Crippen molar-refractivity contribution in [3.05, 3.63) is 34.1 Å². The fourth-order valence-corrected chi connectivity index (χ4v) is 1.36. The van der Waals surface area contributed by atoms with Crippen LogP contribution in [0, 0.1) is 12.7 Å². The maximum Gasteiger partial charge on any atom is 0.337 e. The predicted molar refractivity (Wildman–Crippen MR) is 48.7 cm³/mol. The number of halogens is 2. The molecule has 0 fully saturated rings. The van der Waals surface area contributed by atoms with Gasteiger partial charge < -0.3 is 10.2 Å². The van der Waals surface area contributed by atoms with E-state index in [1.165, 1.54) is 13.0 Å². The fraction of sp³-hybridized carbons (Fsp3) is 0.222. The third kappa shape index (κ3) is 2.02. The molecule has 0 saturated carbocycles. The summed E-state index contributed by atoms with van der Waals surface area (Å²) in [5.74, 6) is -2.25. The van der Waals surface area contributed by atoms with Gasteiger partial charge in [0.1, 0.15) is 5.82 Å². The molecule has 1 aromatic carbocycles. The molecule has 0 aliphatic heterocycles. The summed E-state index contributed by atoms with van der Waals surface area (Å²) in [7, 11) is 0. The van der Waals surface area contributed by atoms with Crippen LogP contribution in [0.15, 0.2) is 12.1 Å². The van der Waals surface area contributed by atoms with Gasteiger partial charge in [0.05, 0.1) is 0 Å². The van der Waals surface area contributed by atoms with Crippen LogP contribution in [0.25, 0.3) is 0 Å². The first-order chi connectivity index (χ1) is 6.43. The third-order valence-corrected chi connectivity index (χ3v) is 1.99. The summed E-state index contributed by atoms with van der Waals surface area (Å²) in [5, 5.41) is 17.8. The molecule has 76 valence electrons. The summed E-state index contributed by atoms with van der Waals surface area (Å²) in [6.07, 6.45) is -1.88. The van der Waals surface area contributed by atoms with E-state index < -0.39 is 17.9 Å². The average Bonchev–Trinajstić information content (AvgIpc) is 2.09. The molecule has 0 aliphatic rings. The Balaban J connectivity index is 3.26. The van der Waals surface area contributed by atoms with Gasteiger partial charge in [0.15, 0.2) is 6.10 Å². The van der Waals surface area contributed by atoms with Gasteiger partial charge in [-0.15, -0.1) is 0 Å². The van der Waals surface area contributed by atoms with Crippen molar-refractivity contribution in [3.63, 3.8) is 0 Å². The van der Waals surface area contributed by atoms with Crippen LogP contribution in [0.1, 0.15) is 17.2 Å². The van der Waals surface area contributed by atoms with Gasteiger partial charge in [0.2, 0.25) is 0 Å². The van der Waals surface area contributed by atoms with Crippen molar-refractivity contribution in [1.82, 2.24) is 0 Å². The largest absolute Gasteiger partial charge is 0.479 e. The van der Waals surface area contributed by atoms with Gasteiger partial charge in [-0.05, 0) is 24.6 Å². The van der Waals surface area contributed by atoms with Crippen molar-refractivity contribution < 1.29 is 19.4 Å². The lowest BCUT2D eigenvalue weighted by Gasteiger charge is -2.09. The highest BCUT2D eigenvalue weighted by Gasteiger charge is 2.21. The Hall–Kier alpha value is -1.13. The molecule has 0 aliphatic carbocycles. The van der Waals surface area contributed by atoms with Crippen LogP contribution < -0.4 is 0 Å². The molecule has 0 radical (unpaired) electrons. The van der Waals surface area contributed by atoms with Crippen LogP contribution in [0.3, 0.4) is 0 Å². The maximum absolute atomic E-state index is 13.3. The van der Waals surface area contributed by atoms with Crippen molar-refractivity contribution in [1.29, 1.82) is 0 Å². The number of aliphatic carboxylic acids is 1. The first-order valence-electron chi connectivity index (χ1n) is 3.80. The SMILES string of the molecule is Cc1cc(Cl)cc(C(O)C(=O)O)c1F. The van der Waals surface area contributed by atoms with Gasteiger partial charge in [-0.25, -0.2) is 9.18 Å². The molecule has 0 bridgehead atoms. The van der Waals surface area contributed by atoms with E-state index in [4.69, 9.17) is 21.8 Å². The van der Waals surface area contributed by atoms with Crippen LogP contribution in [0.4, 0.5) is 4.39 Å². The van der Waals surface area contributed by atoms with E-state index >= 15 is 0 Å². The Kier molecular flexibility index (Phi) is 3.08. The van der Waals surface area contributed by atoms with Gasteiger partial charge in [0, 0.05) is 10.6 Å². The molecule has 0 heterocycles. The molecule has 2 N–H and O–H groups in total. The second-order valence-corrected chi connectivity index (χ2v) is 3.30. The molecule has 14 heavy (non-hydrogen) atoms. The molecule has 0 amide bonds. The van der Waals surface area contributed by atoms with Gasteiger partial charge >= 0.3 is 5.97 Å². The highest BCUT2D eigenvalue weighted by atomic mass is 35.5. The lowest BCUT2D eigenvalue weighted by molar-refractivity contribution is -0.147. The summed E-state index contributed by atoms with van der Waals surface area (Å²) in [5.41, 5.74) is -0.115. The molecular weight excluding hydrogens is 211 g/mol. The molecule has 1 atom stereocenters. The number of carboxylic acid groups (broad SMARTS) is 1. The Bertz CT molecular complexity index is 379. The van der Waals surface area contributed by atoms with Crippen molar-refractivity contribution in [2.45, 2.75) is 13.0 Å². The molecule has 0 aromatic heterocycles. The molecule has 5 heteroatoms. The molecular formula is C9H8ClFO3. The van der Waals surface area contributed by atoms with Gasteiger partial charge in [-0.2, -0.15) is 0 Å². The van der Waals surface area contributed by atoms with E-state index in [-0.39, 0.29) is 16.1 Å². The van der Waals surface area contributed by atoms with E-state index in [2.05, 4.69) is 0 Å². The molecule has 0 spiro atoms. The second-order valence-electron chi connectivity index (χ2n) is 2.87. The summed E-state index contributed by atoms with van der Waals surface area (Å²) in [6, 6.07) is 2.46.